The lowest BCUT2D eigenvalue weighted by molar-refractivity contribution is 0.190. The first-order valence-corrected chi connectivity index (χ1v) is 5.88. The van der Waals surface area contributed by atoms with E-state index in [2.05, 4.69) is 5.32 Å². The lowest BCUT2D eigenvalue weighted by atomic mass is 10.2. The SMILES string of the molecule is C[C@H](O)CNCc1ccc(-c2ccc(F)cc2)o1. The molecule has 1 aromatic carbocycles. The van der Waals surface area contributed by atoms with Crippen molar-refractivity contribution >= 4 is 0 Å². The Bertz CT molecular complexity index is 491. The smallest absolute Gasteiger partial charge is 0.134 e. The number of aliphatic hydroxyl groups excluding tert-OH is 1. The van der Waals surface area contributed by atoms with Crippen LogP contribution in [0.2, 0.25) is 0 Å². The van der Waals surface area contributed by atoms with Gasteiger partial charge in [-0.3, -0.25) is 0 Å². The second-order valence-electron chi connectivity index (χ2n) is 4.25. The third kappa shape index (κ3) is 3.42. The lowest BCUT2D eigenvalue weighted by Gasteiger charge is -2.04. The van der Waals surface area contributed by atoms with Gasteiger partial charge in [-0.2, -0.15) is 0 Å². The fraction of sp³-hybridized carbons (Fsp3) is 0.286. The van der Waals surface area contributed by atoms with Crippen LogP contribution in [0, 0.1) is 5.82 Å². The van der Waals surface area contributed by atoms with E-state index in [4.69, 9.17) is 9.52 Å². The van der Waals surface area contributed by atoms with Crippen molar-refractivity contribution in [2.45, 2.75) is 19.6 Å². The average molecular weight is 249 g/mol. The number of furan rings is 1. The second-order valence-corrected chi connectivity index (χ2v) is 4.25. The van der Waals surface area contributed by atoms with Gasteiger partial charge in [0.05, 0.1) is 12.6 Å². The summed E-state index contributed by atoms with van der Waals surface area (Å²) in [7, 11) is 0. The normalized spacial score (nSPS) is 12.6. The van der Waals surface area contributed by atoms with Crippen molar-refractivity contribution in [2.75, 3.05) is 6.54 Å². The molecule has 0 amide bonds. The highest BCUT2D eigenvalue weighted by molar-refractivity contribution is 5.57. The predicted molar refractivity (Wildman–Crippen MR) is 67.5 cm³/mol. The van der Waals surface area contributed by atoms with Gasteiger partial charge in [-0.1, -0.05) is 0 Å². The Balaban J connectivity index is 1.99. The molecule has 2 aromatic rings. The molecule has 2 N–H and O–H groups in total. The second kappa shape index (κ2) is 5.80. The van der Waals surface area contributed by atoms with Crippen LogP contribution in [0.1, 0.15) is 12.7 Å². The van der Waals surface area contributed by atoms with Crippen molar-refractivity contribution in [1.82, 2.24) is 5.32 Å². The third-order valence-electron chi connectivity index (χ3n) is 2.53. The molecule has 1 heterocycles. The van der Waals surface area contributed by atoms with E-state index in [0.717, 1.165) is 11.3 Å². The van der Waals surface area contributed by atoms with Crippen molar-refractivity contribution < 1.29 is 13.9 Å². The Morgan fingerprint density at radius 1 is 1.22 bits per heavy atom. The molecule has 0 bridgehead atoms. The zero-order valence-electron chi connectivity index (χ0n) is 10.2. The number of aliphatic hydroxyl groups is 1. The standard InChI is InChI=1S/C14H16FNO2/c1-10(17)8-16-9-13-6-7-14(18-13)11-2-4-12(15)5-3-11/h2-7,10,16-17H,8-9H2,1H3/t10-/m0/s1. The molecule has 18 heavy (non-hydrogen) atoms. The molecule has 0 saturated heterocycles. The van der Waals surface area contributed by atoms with Gasteiger partial charge in [0, 0.05) is 12.1 Å². The fourth-order valence-corrected chi connectivity index (χ4v) is 1.65. The molecule has 0 aliphatic rings. The Kier molecular flexibility index (Phi) is 4.12. The largest absolute Gasteiger partial charge is 0.460 e. The summed E-state index contributed by atoms with van der Waals surface area (Å²) in [6, 6.07) is 9.90. The molecule has 0 saturated carbocycles. The van der Waals surface area contributed by atoms with Gasteiger partial charge < -0.3 is 14.8 Å². The molecule has 0 fully saturated rings. The molecule has 1 atom stereocenters. The van der Waals surface area contributed by atoms with Crippen molar-refractivity contribution in [2.24, 2.45) is 0 Å². The third-order valence-corrected chi connectivity index (χ3v) is 2.53. The highest BCUT2D eigenvalue weighted by Crippen LogP contribution is 2.22. The Morgan fingerprint density at radius 2 is 1.94 bits per heavy atom. The maximum Gasteiger partial charge on any atom is 0.134 e. The summed E-state index contributed by atoms with van der Waals surface area (Å²) in [6.07, 6.45) is -0.378. The number of benzene rings is 1. The monoisotopic (exact) mass is 249 g/mol. The molecule has 0 aliphatic heterocycles. The lowest BCUT2D eigenvalue weighted by Crippen LogP contribution is -2.23. The first-order chi connectivity index (χ1) is 8.65. The molecule has 3 nitrogen and oxygen atoms in total. The zero-order chi connectivity index (χ0) is 13.0. The molecular formula is C14H16FNO2. The fourth-order valence-electron chi connectivity index (χ4n) is 1.65. The number of halogens is 1. The topological polar surface area (TPSA) is 45.4 Å². The zero-order valence-corrected chi connectivity index (χ0v) is 10.2. The summed E-state index contributed by atoms with van der Waals surface area (Å²) in [6.45, 7) is 2.80. The molecule has 0 radical (unpaired) electrons. The van der Waals surface area contributed by atoms with Crippen molar-refractivity contribution in [1.29, 1.82) is 0 Å². The van der Waals surface area contributed by atoms with Gasteiger partial charge in [-0.25, -0.2) is 4.39 Å². The number of rotatable bonds is 5. The van der Waals surface area contributed by atoms with Gasteiger partial charge in [0.2, 0.25) is 0 Å². The average Bonchev–Trinajstić information content (AvgIpc) is 2.78. The number of hydrogen-bond acceptors (Lipinski definition) is 3. The van der Waals surface area contributed by atoms with Gasteiger partial charge >= 0.3 is 0 Å². The summed E-state index contributed by atoms with van der Waals surface area (Å²) in [5, 5.41) is 12.2. The van der Waals surface area contributed by atoms with Crippen molar-refractivity contribution in [3.63, 3.8) is 0 Å². The van der Waals surface area contributed by atoms with Gasteiger partial charge in [-0.05, 0) is 43.3 Å². The predicted octanol–water partition coefficient (Wildman–Crippen LogP) is 2.56. The van der Waals surface area contributed by atoms with Crippen LogP contribution in [-0.2, 0) is 6.54 Å². The van der Waals surface area contributed by atoms with E-state index in [-0.39, 0.29) is 11.9 Å². The molecule has 4 heteroatoms. The number of nitrogens with one attached hydrogen (secondary N) is 1. The van der Waals surface area contributed by atoms with Gasteiger partial charge in [0.1, 0.15) is 17.3 Å². The molecule has 2 rings (SSSR count). The molecular weight excluding hydrogens is 233 g/mol. The summed E-state index contributed by atoms with van der Waals surface area (Å²) < 4.78 is 18.4. The molecule has 96 valence electrons. The van der Waals surface area contributed by atoms with E-state index in [1.54, 1.807) is 19.1 Å². The maximum absolute atomic E-state index is 12.8. The quantitative estimate of drug-likeness (QED) is 0.856. The Morgan fingerprint density at radius 3 is 2.61 bits per heavy atom. The maximum atomic E-state index is 12.8. The van der Waals surface area contributed by atoms with Crippen molar-refractivity contribution in [3.05, 3.63) is 48.0 Å². The van der Waals surface area contributed by atoms with Crippen LogP contribution in [0.25, 0.3) is 11.3 Å². The molecule has 1 aromatic heterocycles. The van der Waals surface area contributed by atoms with Crippen LogP contribution in [-0.4, -0.2) is 17.8 Å². The molecule has 0 spiro atoms. The minimum absolute atomic E-state index is 0.260. The summed E-state index contributed by atoms with van der Waals surface area (Å²) in [5.41, 5.74) is 0.846. The Labute approximate surface area is 105 Å². The van der Waals surface area contributed by atoms with Crippen molar-refractivity contribution in [3.8, 4) is 11.3 Å². The van der Waals surface area contributed by atoms with E-state index in [9.17, 15) is 4.39 Å². The van der Waals surface area contributed by atoms with Crippen LogP contribution in [0.5, 0.6) is 0 Å². The minimum atomic E-state index is -0.378. The van der Waals surface area contributed by atoms with E-state index >= 15 is 0 Å². The van der Waals surface area contributed by atoms with Crippen LogP contribution in [0.4, 0.5) is 4.39 Å². The summed E-state index contributed by atoms with van der Waals surface area (Å²) >= 11 is 0. The Hall–Kier alpha value is -1.65. The first kappa shape index (κ1) is 12.8. The highest BCUT2D eigenvalue weighted by atomic mass is 19.1. The van der Waals surface area contributed by atoms with E-state index in [1.807, 2.05) is 12.1 Å². The van der Waals surface area contributed by atoms with E-state index < -0.39 is 0 Å². The minimum Gasteiger partial charge on any atom is -0.460 e. The molecule has 0 aliphatic carbocycles. The number of hydrogen-bond donors (Lipinski definition) is 2. The molecule has 0 unspecified atom stereocenters. The van der Waals surface area contributed by atoms with Crippen LogP contribution < -0.4 is 5.32 Å². The van der Waals surface area contributed by atoms with E-state index in [0.29, 0.717) is 18.8 Å². The van der Waals surface area contributed by atoms with E-state index in [1.165, 1.54) is 12.1 Å². The van der Waals surface area contributed by atoms with Gasteiger partial charge in [-0.15, -0.1) is 0 Å². The highest BCUT2D eigenvalue weighted by Gasteiger charge is 2.05. The van der Waals surface area contributed by atoms with Crippen LogP contribution in [0.3, 0.4) is 0 Å². The summed E-state index contributed by atoms with van der Waals surface area (Å²) in [5.74, 6) is 1.24. The summed E-state index contributed by atoms with van der Waals surface area (Å²) in [4.78, 5) is 0. The van der Waals surface area contributed by atoms with Crippen LogP contribution in [0.15, 0.2) is 40.8 Å². The van der Waals surface area contributed by atoms with Crippen LogP contribution >= 0.6 is 0 Å². The van der Waals surface area contributed by atoms with Gasteiger partial charge in [0.15, 0.2) is 0 Å². The first-order valence-electron chi connectivity index (χ1n) is 5.88. The van der Waals surface area contributed by atoms with Gasteiger partial charge in [0.25, 0.3) is 0 Å².